The maximum atomic E-state index is 3.75. The molecule has 100 valence electrons. The second-order valence-corrected chi connectivity index (χ2v) is 7.94. The van der Waals surface area contributed by atoms with Gasteiger partial charge in [-0.3, -0.25) is 0 Å². The Morgan fingerprint density at radius 1 is 1.39 bits per heavy atom. The van der Waals surface area contributed by atoms with Crippen LogP contribution in [0.3, 0.4) is 0 Å². The monoisotopic (exact) mass is 327 g/mol. The molecule has 0 aliphatic heterocycles. The summed E-state index contributed by atoms with van der Waals surface area (Å²) in [6.07, 6.45) is 5.86. The molecule has 2 saturated carbocycles. The van der Waals surface area contributed by atoms with Gasteiger partial charge in [0.05, 0.1) is 0 Å². The first-order valence-electron chi connectivity index (χ1n) is 7.21. The Kier molecular flexibility index (Phi) is 3.84. The highest BCUT2D eigenvalue weighted by atomic mass is 79.9. The fraction of sp³-hybridized carbons (Fsp3) is 0.733. The van der Waals surface area contributed by atoms with Gasteiger partial charge in [-0.1, -0.05) is 19.8 Å². The van der Waals surface area contributed by atoms with Crippen molar-refractivity contribution in [2.75, 3.05) is 6.54 Å². The van der Waals surface area contributed by atoms with Crippen molar-refractivity contribution in [3.05, 3.63) is 20.3 Å². The number of nitrogens with one attached hydrogen (secondary N) is 1. The van der Waals surface area contributed by atoms with Crippen molar-refractivity contribution in [1.82, 2.24) is 5.32 Å². The number of hydrogen-bond donors (Lipinski definition) is 1. The van der Waals surface area contributed by atoms with E-state index in [2.05, 4.69) is 41.2 Å². The van der Waals surface area contributed by atoms with Gasteiger partial charge in [0.25, 0.3) is 0 Å². The van der Waals surface area contributed by atoms with E-state index in [1.165, 1.54) is 39.9 Å². The van der Waals surface area contributed by atoms with E-state index in [4.69, 9.17) is 0 Å². The standard InChI is InChI=1S/C15H22BrNS/c1-3-17-14(15-12(16)8-9(2)18-15)13-10-6-4-5-7-11(10)13/h8,10-11,13-14,17H,3-7H2,1-2H3. The van der Waals surface area contributed by atoms with Gasteiger partial charge in [0.1, 0.15) is 0 Å². The van der Waals surface area contributed by atoms with E-state index in [-0.39, 0.29) is 0 Å². The molecule has 18 heavy (non-hydrogen) atoms. The number of halogens is 1. The summed E-state index contributed by atoms with van der Waals surface area (Å²) in [5, 5.41) is 3.75. The third kappa shape index (κ3) is 2.30. The highest BCUT2D eigenvalue weighted by molar-refractivity contribution is 9.10. The van der Waals surface area contributed by atoms with E-state index < -0.39 is 0 Å². The van der Waals surface area contributed by atoms with E-state index in [9.17, 15) is 0 Å². The molecule has 0 radical (unpaired) electrons. The van der Waals surface area contributed by atoms with E-state index in [1.807, 2.05) is 11.3 Å². The molecule has 0 aromatic carbocycles. The van der Waals surface area contributed by atoms with Gasteiger partial charge in [0.15, 0.2) is 0 Å². The van der Waals surface area contributed by atoms with Gasteiger partial charge < -0.3 is 5.32 Å². The van der Waals surface area contributed by atoms with Crippen LogP contribution in [0.2, 0.25) is 0 Å². The molecular formula is C15H22BrNS. The van der Waals surface area contributed by atoms with Crippen molar-refractivity contribution in [3.63, 3.8) is 0 Å². The lowest BCUT2D eigenvalue weighted by atomic mass is 10.0. The van der Waals surface area contributed by atoms with Crippen molar-refractivity contribution in [2.45, 2.75) is 45.6 Å². The van der Waals surface area contributed by atoms with Crippen LogP contribution in [0.15, 0.2) is 10.5 Å². The summed E-state index contributed by atoms with van der Waals surface area (Å²) in [7, 11) is 0. The van der Waals surface area contributed by atoms with E-state index >= 15 is 0 Å². The summed E-state index contributed by atoms with van der Waals surface area (Å²) in [6.45, 7) is 5.51. The minimum absolute atomic E-state index is 0.594. The largest absolute Gasteiger partial charge is 0.309 e. The van der Waals surface area contributed by atoms with Crippen LogP contribution in [0.4, 0.5) is 0 Å². The highest BCUT2D eigenvalue weighted by Crippen LogP contribution is 2.61. The Labute approximate surface area is 122 Å². The van der Waals surface area contributed by atoms with Gasteiger partial charge in [0, 0.05) is 20.3 Å². The molecule has 1 aromatic rings. The van der Waals surface area contributed by atoms with Crippen LogP contribution in [-0.2, 0) is 0 Å². The maximum absolute atomic E-state index is 3.75. The zero-order chi connectivity index (χ0) is 12.7. The zero-order valence-electron chi connectivity index (χ0n) is 11.2. The molecule has 0 bridgehead atoms. The molecule has 1 N–H and O–H groups in total. The van der Waals surface area contributed by atoms with Crippen LogP contribution in [0.1, 0.15) is 48.4 Å². The summed E-state index contributed by atoms with van der Waals surface area (Å²) >= 11 is 5.72. The van der Waals surface area contributed by atoms with Crippen molar-refractivity contribution in [3.8, 4) is 0 Å². The van der Waals surface area contributed by atoms with Crippen LogP contribution < -0.4 is 5.32 Å². The van der Waals surface area contributed by atoms with Crippen LogP contribution in [-0.4, -0.2) is 6.54 Å². The van der Waals surface area contributed by atoms with Crippen LogP contribution in [0, 0.1) is 24.7 Å². The van der Waals surface area contributed by atoms with E-state index in [0.29, 0.717) is 6.04 Å². The Balaban J connectivity index is 1.82. The van der Waals surface area contributed by atoms with Crippen molar-refractivity contribution in [1.29, 1.82) is 0 Å². The zero-order valence-corrected chi connectivity index (χ0v) is 13.6. The molecule has 3 heteroatoms. The average molecular weight is 328 g/mol. The molecule has 3 atom stereocenters. The molecule has 1 heterocycles. The van der Waals surface area contributed by atoms with Gasteiger partial charge >= 0.3 is 0 Å². The maximum Gasteiger partial charge on any atom is 0.0460 e. The summed E-state index contributed by atoms with van der Waals surface area (Å²) < 4.78 is 1.32. The van der Waals surface area contributed by atoms with Gasteiger partial charge in [0.2, 0.25) is 0 Å². The summed E-state index contributed by atoms with van der Waals surface area (Å²) in [5.74, 6) is 2.93. The first-order valence-corrected chi connectivity index (χ1v) is 8.82. The van der Waals surface area contributed by atoms with Crippen LogP contribution >= 0.6 is 27.3 Å². The van der Waals surface area contributed by atoms with Crippen molar-refractivity contribution < 1.29 is 0 Å². The number of aryl methyl sites for hydroxylation is 1. The van der Waals surface area contributed by atoms with E-state index in [0.717, 1.165) is 24.3 Å². The van der Waals surface area contributed by atoms with Gasteiger partial charge in [-0.25, -0.2) is 0 Å². The normalized spacial score (nSPS) is 32.1. The fourth-order valence-electron chi connectivity index (χ4n) is 3.88. The number of hydrogen-bond acceptors (Lipinski definition) is 2. The summed E-state index contributed by atoms with van der Waals surface area (Å²) in [5.41, 5.74) is 0. The minimum Gasteiger partial charge on any atom is -0.309 e. The highest BCUT2D eigenvalue weighted by Gasteiger charge is 2.54. The molecule has 1 nitrogen and oxygen atoms in total. The molecule has 1 aromatic heterocycles. The lowest BCUT2D eigenvalue weighted by Crippen LogP contribution is -2.23. The Bertz CT molecular complexity index is 416. The topological polar surface area (TPSA) is 12.0 Å². The third-order valence-corrected chi connectivity index (χ3v) is 6.70. The molecule has 2 aliphatic rings. The molecule has 2 fully saturated rings. The number of fused-ring (bicyclic) bond motifs is 1. The third-order valence-electron chi connectivity index (χ3n) is 4.65. The second kappa shape index (κ2) is 5.26. The summed E-state index contributed by atoms with van der Waals surface area (Å²) in [4.78, 5) is 2.96. The molecule has 0 saturated heterocycles. The Morgan fingerprint density at radius 2 is 2.06 bits per heavy atom. The predicted octanol–water partition coefficient (Wildman–Crippen LogP) is 4.91. The first-order chi connectivity index (χ1) is 8.72. The Hall–Kier alpha value is 0.140. The fourth-order valence-corrected chi connectivity index (χ4v) is 5.91. The SMILES string of the molecule is CCNC(c1sc(C)cc1Br)C1C2CCCCC21. The second-order valence-electron chi connectivity index (χ2n) is 5.79. The molecule has 2 aliphatic carbocycles. The van der Waals surface area contributed by atoms with Crippen molar-refractivity contribution in [2.24, 2.45) is 17.8 Å². The molecule has 0 spiro atoms. The minimum atomic E-state index is 0.594. The quantitative estimate of drug-likeness (QED) is 0.828. The first kappa shape index (κ1) is 13.1. The molecule has 3 unspecified atom stereocenters. The smallest absolute Gasteiger partial charge is 0.0460 e. The lowest BCUT2D eigenvalue weighted by Gasteiger charge is -2.17. The van der Waals surface area contributed by atoms with Gasteiger partial charge in [-0.15, -0.1) is 11.3 Å². The van der Waals surface area contributed by atoms with Crippen LogP contribution in [0.5, 0.6) is 0 Å². The van der Waals surface area contributed by atoms with Gasteiger partial charge in [-0.2, -0.15) is 0 Å². The molecule has 0 amide bonds. The Morgan fingerprint density at radius 3 is 2.56 bits per heavy atom. The molecular weight excluding hydrogens is 306 g/mol. The van der Waals surface area contributed by atoms with Crippen LogP contribution in [0.25, 0.3) is 0 Å². The van der Waals surface area contributed by atoms with Crippen molar-refractivity contribution >= 4 is 27.3 Å². The number of rotatable bonds is 4. The lowest BCUT2D eigenvalue weighted by molar-refractivity contribution is 0.462. The predicted molar refractivity (Wildman–Crippen MR) is 82.1 cm³/mol. The number of thiophene rings is 1. The summed E-state index contributed by atoms with van der Waals surface area (Å²) in [6, 6.07) is 2.87. The van der Waals surface area contributed by atoms with E-state index in [1.54, 1.807) is 0 Å². The van der Waals surface area contributed by atoms with Gasteiger partial charge in [-0.05, 0) is 66.1 Å². The average Bonchev–Trinajstić information content (AvgIpc) is 2.98. The molecule has 3 rings (SSSR count).